The fourth-order valence-electron chi connectivity index (χ4n) is 2.59. The molecule has 1 aromatic rings. The maximum absolute atomic E-state index is 12.1. The number of rotatable bonds is 3. The van der Waals surface area contributed by atoms with Crippen molar-refractivity contribution in [2.24, 2.45) is 0 Å². The zero-order valence-electron chi connectivity index (χ0n) is 12.6. The molecule has 0 spiro atoms. The minimum atomic E-state index is -0.364. The number of amides is 2. The summed E-state index contributed by atoms with van der Waals surface area (Å²) in [6.45, 7) is 6.15. The zero-order valence-corrected chi connectivity index (χ0v) is 12.6. The van der Waals surface area contributed by atoms with Gasteiger partial charge in [-0.05, 0) is 52.4 Å². The van der Waals surface area contributed by atoms with E-state index in [0.717, 1.165) is 31.5 Å². The topological polar surface area (TPSA) is 44.4 Å². The highest BCUT2D eigenvalue weighted by atomic mass is 16.2. The predicted molar refractivity (Wildman–Crippen MR) is 81.7 cm³/mol. The first-order chi connectivity index (χ1) is 9.47. The molecule has 110 valence electrons. The summed E-state index contributed by atoms with van der Waals surface area (Å²) in [5.41, 5.74) is 0.745. The van der Waals surface area contributed by atoms with E-state index in [1.54, 1.807) is 0 Å². The molecule has 4 nitrogen and oxygen atoms in total. The van der Waals surface area contributed by atoms with E-state index in [-0.39, 0.29) is 17.6 Å². The van der Waals surface area contributed by atoms with E-state index in [9.17, 15) is 4.79 Å². The summed E-state index contributed by atoms with van der Waals surface area (Å²) in [6, 6.07) is 10.3. The Kier molecular flexibility index (Phi) is 4.65. The second kappa shape index (κ2) is 6.27. The molecule has 1 aliphatic rings. The van der Waals surface area contributed by atoms with Crippen LogP contribution in [0.5, 0.6) is 0 Å². The molecule has 0 atom stereocenters. The summed E-state index contributed by atoms with van der Waals surface area (Å²) < 4.78 is 0. The van der Waals surface area contributed by atoms with Crippen LogP contribution in [0.2, 0.25) is 0 Å². The van der Waals surface area contributed by atoms with Gasteiger partial charge >= 0.3 is 6.03 Å². The number of urea groups is 1. The second-order valence-corrected chi connectivity index (χ2v) is 6.17. The lowest BCUT2D eigenvalue weighted by atomic mass is 9.94. The van der Waals surface area contributed by atoms with E-state index >= 15 is 0 Å². The number of carbonyl (C=O) groups is 1. The van der Waals surface area contributed by atoms with Crippen molar-refractivity contribution in [3.8, 4) is 0 Å². The Hall–Kier alpha value is -1.55. The van der Waals surface area contributed by atoms with Crippen molar-refractivity contribution in [3.05, 3.63) is 35.9 Å². The number of benzene rings is 1. The first kappa shape index (κ1) is 14.9. The van der Waals surface area contributed by atoms with Crippen LogP contribution in [0.25, 0.3) is 0 Å². The first-order valence-corrected chi connectivity index (χ1v) is 7.30. The lowest BCUT2D eigenvalue weighted by molar-refractivity contribution is 0.206. The standard InChI is InChI=1S/C16H25N3O/c1-16(2,13-7-5-4-6-8-13)18-15(20)17-14-9-11-19(3)12-10-14/h4-8,14H,9-12H2,1-3H3,(H2,17,18,20). The summed E-state index contributed by atoms with van der Waals surface area (Å²) in [5, 5.41) is 6.16. The molecule has 0 bridgehead atoms. The third-order valence-corrected chi connectivity index (χ3v) is 3.98. The van der Waals surface area contributed by atoms with Crippen molar-refractivity contribution in [2.75, 3.05) is 20.1 Å². The first-order valence-electron chi connectivity index (χ1n) is 7.30. The highest BCUT2D eigenvalue weighted by Gasteiger charge is 2.24. The van der Waals surface area contributed by atoms with Crippen LogP contribution in [0.15, 0.2) is 30.3 Å². The van der Waals surface area contributed by atoms with E-state index < -0.39 is 0 Å². The van der Waals surface area contributed by atoms with E-state index in [1.807, 2.05) is 44.2 Å². The smallest absolute Gasteiger partial charge is 0.315 e. The van der Waals surface area contributed by atoms with Crippen LogP contribution in [0.1, 0.15) is 32.3 Å². The second-order valence-electron chi connectivity index (χ2n) is 6.17. The minimum Gasteiger partial charge on any atom is -0.335 e. The molecule has 0 radical (unpaired) electrons. The van der Waals surface area contributed by atoms with E-state index in [1.165, 1.54) is 0 Å². The summed E-state index contributed by atoms with van der Waals surface area (Å²) in [7, 11) is 2.12. The number of nitrogens with zero attached hydrogens (tertiary/aromatic N) is 1. The van der Waals surface area contributed by atoms with Crippen molar-refractivity contribution in [3.63, 3.8) is 0 Å². The Labute approximate surface area is 121 Å². The molecule has 0 saturated carbocycles. The fourth-order valence-corrected chi connectivity index (χ4v) is 2.59. The van der Waals surface area contributed by atoms with Crippen LogP contribution in [0, 0.1) is 0 Å². The van der Waals surface area contributed by atoms with Crippen LogP contribution in [-0.4, -0.2) is 37.1 Å². The fraction of sp³-hybridized carbons (Fsp3) is 0.562. The van der Waals surface area contributed by atoms with Crippen LogP contribution < -0.4 is 10.6 Å². The highest BCUT2D eigenvalue weighted by molar-refractivity contribution is 5.75. The number of likely N-dealkylation sites (tertiary alicyclic amines) is 1. The zero-order chi connectivity index (χ0) is 14.6. The molecule has 20 heavy (non-hydrogen) atoms. The van der Waals surface area contributed by atoms with Crippen molar-refractivity contribution >= 4 is 6.03 Å². The quantitative estimate of drug-likeness (QED) is 0.889. The Bertz CT molecular complexity index is 436. The van der Waals surface area contributed by atoms with Crippen LogP contribution in [0.4, 0.5) is 4.79 Å². The molecule has 2 rings (SSSR count). The average molecular weight is 275 g/mol. The van der Waals surface area contributed by atoms with E-state index in [4.69, 9.17) is 0 Å². The molecular formula is C16H25N3O. The van der Waals surface area contributed by atoms with E-state index in [2.05, 4.69) is 22.6 Å². The normalized spacial score (nSPS) is 17.8. The predicted octanol–water partition coefficient (Wildman–Crippen LogP) is 2.32. The van der Waals surface area contributed by atoms with Gasteiger partial charge in [0.25, 0.3) is 0 Å². The largest absolute Gasteiger partial charge is 0.335 e. The number of hydrogen-bond acceptors (Lipinski definition) is 2. The Morgan fingerprint density at radius 3 is 2.40 bits per heavy atom. The molecule has 2 N–H and O–H groups in total. The molecule has 1 heterocycles. The highest BCUT2D eigenvalue weighted by Crippen LogP contribution is 2.19. The van der Waals surface area contributed by atoms with Gasteiger partial charge in [-0.15, -0.1) is 0 Å². The summed E-state index contributed by atoms with van der Waals surface area (Å²) >= 11 is 0. The van der Waals surface area contributed by atoms with Gasteiger partial charge in [-0.1, -0.05) is 30.3 Å². The maximum Gasteiger partial charge on any atom is 0.315 e. The summed E-state index contributed by atoms with van der Waals surface area (Å²) in [6.07, 6.45) is 2.05. The van der Waals surface area contributed by atoms with Gasteiger partial charge in [0, 0.05) is 6.04 Å². The molecule has 4 heteroatoms. The van der Waals surface area contributed by atoms with Crippen molar-refractivity contribution in [1.82, 2.24) is 15.5 Å². The van der Waals surface area contributed by atoms with Crippen molar-refractivity contribution < 1.29 is 4.79 Å². The molecule has 0 aromatic heterocycles. The van der Waals surface area contributed by atoms with Gasteiger partial charge in [0.15, 0.2) is 0 Å². The Morgan fingerprint density at radius 1 is 1.20 bits per heavy atom. The number of hydrogen-bond donors (Lipinski definition) is 2. The third kappa shape index (κ3) is 3.97. The molecular weight excluding hydrogens is 250 g/mol. The number of piperidine rings is 1. The number of nitrogens with one attached hydrogen (secondary N) is 2. The van der Waals surface area contributed by atoms with Gasteiger partial charge in [-0.3, -0.25) is 0 Å². The van der Waals surface area contributed by atoms with Gasteiger partial charge < -0.3 is 15.5 Å². The Balaban J connectivity index is 1.88. The molecule has 1 fully saturated rings. The minimum absolute atomic E-state index is 0.0755. The van der Waals surface area contributed by atoms with Crippen LogP contribution in [-0.2, 0) is 5.54 Å². The average Bonchev–Trinajstić information content (AvgIpc) is 2.42. The van der Waals surface area contributed by atoms with Gasteiger partial charge in [-0.2, -0.15) is 0 Å². The van der Waals surface area contributed by atoms with Crippen LogP contribution >= 0.6 is 0 Å². The maximum atomic E-state index is 12.1. The molecule has 0 aliphatic carbocycles. The van der Waals surface area contributed by atoms with Gasteiger partial charge in [-0.25, -0.2) is 4.79 Å². The van der Waals surface area contributed by atoms with Crippen molar-refractivity contribution in [2.45, 2.75) is 38.3 Å². The summed E-state index contributed by atoms with van der Waals surface area (Å²) in [4.78, 5) is 14.4. The van der Waals surface area contributed by atoms with Gasteiger partial charge in [0.2, 0.25) is 0 Å². The van der Waals surface area contributed by atoms with Crippen molar-refractivity contribution in [1.29, 1.82) is 0 Å². The molecule has 0 unspecified atom stereocenters. The summed E-state index contributed by atoms with van der Waals surface area (Å²) in [5.74, 6) is 0. The SMILES string of the molecule is CN1CCC(NC(=O)NC(C)(C)c2ccccc2)CC1. The van der Waals surface area contributed by atoms with Gasteiger partial charge in [0.05, 0.1) is 5.54 Å². The lowest BCUT2D eigenvalue weighted by Gasteiger charge is -2.32. The number of carbonyl (C=O) groups excluding carboxylic acids is 1. The third-order valence-electron chi connectivity index (χ3n) is 3.98. The van der Waals surface area contributed by atoms with Gasteiger partial charge in [0.1, 0.15) is 0 Å². The van der Waals surface area contributed by atoms with Crippen LogP contribution in [0.3, 0.4) is 0 Å². The van der Waals surface area contributed by atoms with E-state index in [0.29, 0.717) is 0 Å². The molecule has 1 saturated heterocycles. The lowest BCUT2D eigenvalue weighted by Crippen LogP contribution is -2.51. The molecule has 1 aliphatic heterocycles. The molecule has 1 aromatic carbocycles. The molecule has 2 amide bonds. The Morgan fingerprint density at radius 2 is 1.80 bits per heavy atom. The monoisotopic (exact) mass is 275 g/mol.